The fraction of sp³-hybridized carbons (Fsp3) is 0.161. The minimum atomic E-state index is -1.19. The number of rotatable bonds is 7. The molecule has 1 heterocycles. The second-order valence-corrected chi connectivity index (χ2v) is 9.17. The number of fused-ring (bicyclic) bond motifs is 1. The highest BCUT2D eigenvalue weighted by molar-refractivity contribution is 5.72. The maximum absolute atomic E-state index is 14.6. The zero-order valence-electron chi connectivity index (χ0n) is 20.8. The Labute approximate surface area is 224 Å². The number of hydrogen-bond acceptors (Lipinski definition) is 4. The van der Waals surface area contributed by atoms with Crippen molar-refractivity contribution in [3.05, 3.63) is 125 Å². The summed E-state index contributed by atoms with van der Waals surface area (Å²) in [5.41, 5.74) is 4.31. The molecule has 0 aromatic heterocycles. The van der Waals surface area contributed by atoms with Crippen molar-refractivity contribution in [1.82, 2.24) is 4.90 Å². The van der Waals surface area contributed by atoms with Crippen molar-refractivity contribution in [3.8, 4) is 16.9 Å². The molecule has 1 atom stereocenters. The smallest absolute Gasteiger partial charge is 0.410 e. The SMILES string of the molecule is O=C(O)COc1ccc(F)cc1C1c2cc(-c3ccc(F)cc3)ccc2CCN1C(=O)OCc1ccccc1. The van der Waals surface area contributed by atoms with Crippen LogP contribution in [-0.4, -0.2) is 35.2 Å². The van der Waals surface area contributed by atoms with E-state index in [2.05, 4.69) is 0 Å². The highest BCUT2D eigenvalue weighted by atomic mass is 19.1. The van der Waals surface area contributed by atoms with Crippen LogP contribution < -0.4 is 4.74 Å². The second-order valence-electron chi connectivity index (χ2n) is 9.17. The Balaban J connectivity index is 1.58. The van der Waals surface area contributed by atoms with Gasteiger partial charge in [-0.3, -0.25) is 4.90 Å². The molecule has 0 radical (unpaired) electrons. The summed E-state index contributed by atoms with van der Waals surface area (Å²) in [4.78, 5) is 26.2. The molecule has 0 bridgehead atoms. The number of hydrogen-bond donors (Lipinski definition) is 1. The number of benzene rings is 4. The number of carbonyl (C=O) groups excluding carboxylic acids is 1. The number of aliphatic carboxylic acids is 1. The molecule has 0 aliphatic carbocycles. The van der Waals surface area contributed by atoms with Crippen LogP contribution in [0.3, 0.4) is 0 Å². The number of amides is 1. The number of ether oxygens (including phenoxy) is 2. The lowest BCUT2D eigenvalue weighted by molar-refractivity contribution is -0.139. The van der Waals surface area contributed by atoms with Crippen molar-refractivity contribution in [2.45, 2.75) is 19.1 Å². The molecule has 198 valence electrons. The Bertz CT molecular complexity index is 1490. The lowest BCUT2D eigenvalue weighted by Crippen LogP contribution is -2.41. The second kappa shape index (κ2) is 11.3. The van der Waals surface area contributed by atoms with E-state index in [4.69, 9.17) is 9.47 Å². The number of carbonyl (C=O) groups is 2. The standard InChI is InChI=1S/C31H25F2NO5/c32-24-10-8-21(9-11-24)23-7-6-22-14-15-34(31(37)39-18-20-4-2-1-3-5-20)30(26(22)16-23)27-17-25(33)12-13-28(27)38-19-29(35)36/h1-13,16-17,30H,14-15,18-19H2,(H,35,36). The minimum Gasteiger partial charge on any atom is -0.482 e. The maximum atomic E-state index is 14.6. The van der Waals surface area contributed by atoms with Crippen molar-refractivity contribution in [1.29, 1.82) is 0 Å². The van der Waals surface area contributed by atoms with Gasteiger partial charge in [-0.1, -0.05) is 54.6 Å². The average molecular weight is 530 g/mol. The highest BCUT2D eigenvalue weighted by Crippen LogP contribution is 2.41. The Hall–Kier alpha value is -4.72. The molecule has 0 saturated heterocycles. The predicted octanol–water partition coefficient (Wildman–Crippen LogP) is 6.38. The van der Waals surface area contributed by atoms with Gasteiger partial charge in [0.1, 0.15) is 24.0 Å². The van der Waals surface area contributed by atoms with Crippen LogP contribution in [0.2, 0.25) is 0 Å². The van der Waals surface area contributed by atoms with Gasteiger partial charge in [-0.25, -0.2) is 18.4 Å². The Morgan fingerprint density at radius 2 is 1.56 bits per heavy atom. The van der Waals surface area contributed by atoms with Crippen LogP contribution in [0, 0.1) is 11.6 Å². The van der Waals surface area contributed by atoms with Gasteiger partial charge < -0.3 is 14.6 Å². The van der Waals surface area contributed by atoms with Gasteiger partial charge in [-0.05, 0) is 70.6 Å². The molecular formula is C31H25F2NO5. The minimum absolute atomic E-state index is 0.0525. The Kier molecular flexibility index (Phi) is 7.54. The van der Waals surface area contributed by atoms with E-state index in [0.29, 0.717) is 17.5 Å². The lowest BCUT2D eigenvalue weighted by atomic mass is 9.86. The van der Waals surface area contributed by atoms with Crippen molar-refractivity contribution in [2.24, 2.45) is 0 Å². The first-order chi connectivity index (χ1) is 18.9. The first-order valence-electron chi connectivity index (χ1n) is 12.4. The van der Waals surface area contributed by atoms with E-state index in [0.717, 1.165) is 22.3 Å². The first kappa shape index (κ1) is 25.9. The maximum Gasteiger partial charge on any atom is 0.410 e. The van der Waals surface area contributed by atoms with Crippen LogP contribution in [0.4, 0.5) is 13.6 Å². The summed E-state index contributed by atoms with van der Waals surface area (Å²) < 4.78 is 39.3. The number of halogens is 2. The topological polar surface area (TPSA) is 76.1 Å². The molecular weight excluding hydrogens is 504 g/mol. The van der Waals surface area contributed by atoms with Gasteiger partial charge in [-0.15, -0.1) is 0 Å². The summed E-state index contributed by atoms with van der Waals surface area (Å²) in [7, 11) is 0. The molecule has 8 heteroatoms. The fourth-order valence-corrected chi connectivity index (χ4v) is 4.78. The highest BCUT2D eigenvalue weighted by Gasteiger charge is 2.35. The van der Waals surface area contributed by atoms with Crippen molar-refractivity contribution in [2.75, 3.05) is 13.2 Å². The molecule has 4 aromatic rings. The van der Waals surface area contributed by atoms with E-state index in [1.165, 1.54) is 35.2 Å². The summed E-state index contributed by atoms with van der Waals surface area (Å²) in [6.45, 7) is -0.292. The van der Waals surface area contributed by atoms with Crippen LogP contribution in [0.1, 0.15) is 28.3 Å². The zero-order chi connectivity index (χ0) is 27.4. The molecule has 1 unspecified atom stereocenters. The van der Waals surface area contributed by atoms with Gasteiger partial charge in [0.05, 0.1) is 6.04 Å². The molecule has 4 aromatic carbocycles. The van der Waals surface area contributed by atoms with Gasteiger partial charge in [0, 0.05) is 12.1 Å². The van der Waals surface area contributed by atoms with Crippen LogP contribution in [0.25, 0.3) is 11.1 Å². The number of carboxylic acid groups (broad SMARTS) is 1. The summed E-state index contributed by atoms with van der Waals surface area (Å²) >= 11 is 0. The monoisotopic (exact) mass is 529 g/mol. The summed E-state index contributed by atoms with van der Waals surface area (Å²) in [6.07, 6.45) is -0.0773. The third-order valence-corrected chi connectivity index (χ3v) is 6.61. The number of carboxylic acids is 1. The molecule has 1 amide bonds. The first-order valence-corrected chi connectivity index (χ1v) is 12.4. The van der Waals surface area contributed by atoms with E-state index in [1.54, 1.807) is 12.1 Å². The molecule has 1 aliphatic heterocycles. The van der Waals surface area contributed by atoms with E-state index < -0.39 is 30.5 Å². The van der Waals surface area contributed by atoms with Crippen LogP contribution in [-0.2, 0) is 22.6 Å². The fourth-order valence-electron chi connectivity index (χ4n) is 4.78. The molecule has 39 heavy (non-hydrogen) atoms. The van der Waals surface area contributed by atoms with Crippen molar-refractivity contribution < 1.29 is 33.0 Å². The summed E-state index contributed by atoms with van der Waals surface area (Å²) in [5.74, 6) is -1.97. The largest absolute Gasteiger partial charge is 0.482 e. The van der Waals surface area contributed by atoms with E-state index in [9.17, 15) is 23.5 Å². The van der Waals surface area contributed by atoms with Crippen LogP contribution in [0.5, 0.6) is 5.75 Å². The van der Waals surface area contributed by atoms with E-state index >= 15 is 0 Å². The normalized spacial score (nSPS) is 14.4. The van der Waals surface area contributed by atoms with E-state index in [-0.39, 0.29) is 24.7 Å². The molecule has 6 nitrogen and oxygen atoms in total. The van der Waals surface area contributed by atoms with E-state index in [1.807, 2.05) is 48.5 Å². The van der Waals surface area contributed by atoms with Gasteiger partial charge >= 0.3 is 12.1 Å². The van der Waals surface area contributed by atoms with Crippen LogP contribution in [0.15, 0.2) is 91.0 Å². The third-order valence-electron chi connectivity index (χ3n) is 6.61. The van der Waals surface area contributed by atoms with Crippen molar-refractivity contribution in [3.63, 3.8) is 0 Å². The van der Waals surface area contributed by atoms with Gasteiger partial charge in [-0.2, -0.15) is 0 Å². The lowest BCUT2D eigenvalue weighted by Gasteiger charge is -2.37. The van der Waals surface area contributed by atoms with Gasteiger partial charge in [0.2, 0.25) is 0 Å². The third kappa shape index (κ3) is 5.90. The zero-order valence-corrected chi connectivity index (χ0v) is 20.8. The van der Waals surface area contributed by atoms with Crippen molar-refractivity contribution >= 4 is 12.1 Å². The molecule has 1 N–H and O–H groups in total. The molecule has 0 spiro atoms. The quantitative estimate of drug-likeness (QED) is 0.301. The molecule has 0 saturated carbocycles. The number of nitrogens with zero attached hydrogens (tertiary/aromatic N) is 1. The average Bonchev–Trinajstić information content (AvgIpc) is 2.95. The van der Waals surface area contributed by atoms with Gasteiger partial charge in [0.25, 0.3) is 0 Å². The molecule has 5 rings (SSSR count). The summed E-state index contributed by atoms with van der Waals surface area (Å²) in [5, 5.41) is 9.18. The Morgan fingerprint density at radius 3 is 2.31 bits per heavy atom. The van der Waals surface area contributed by atoms with Gasteiger partial charge in [0.15, 0.2) is 6.61 Å². The molecule has 1 aliphatic rings. The Morgan fingerprint density at radius 1 is 0.846 bits per heavy atom. The molecule has 0 fully saturated rings. The van der Waals surface area contributed by atoms with Crippen LogP contribution >= 0.6 is 0 Å². The summed E-state index contributed by atoms with van der Waals surface area (Å²) in [6, 6.07) is 24.0. The predicted molar refractivity (Wildman–Crippen MR) is 140 cm³/mol.